The Kier molecular flexibility index (Phi) is 4.07. The van der Waals surface area contributed by atoms with Gasteiger partial charge in [-0.25, -0.2) is 9.50 Å². The number of anilines is 1. The van der Waals surface area contributed by atoms with Crippen LogP contribution in [0.3, 0.4) is 0 Å². The third-order valence-electron chi connectivity index (χ3n) is 3.43. The molecule has 1 aromatic carbocycles. The smallest absolute Gasteiger partial charge is 0.214 e. The quantitative estimate of drug-likeness (QED) is 0.547. The van der Waals surface area contributed by atoms with Gasteiger partial charge in [-0.1, -0.05) is 29.5 Å². The lowest BCUT2D eigenvalue weighted by molar-refractivity contribution is 0.333. The van der Waals surface area contributed by atoms with Crippen molar-refractivity contribution >= 4 is 21.4 Å². The van der Waals surface area contributed by atoms with E-state index in [9.17, 15) is 0 Å². The summed E-state index contributed by atoms with van der Waals surface area (Å²) in [7, 11) is 0. The Morgan fingerprint density at radius 2 is 2.00 bits per heavy atom. The van der Waals surface area contributed by atoms with E-state index in [1.165, 1.54) is 11.3 Å². The number of fused-ring (bicyclic) bond motifs is 1. The number of hydrogen-bond acceptors (Lipinski definition) is 6. The van der Waals surface area contributed by atoms with Crippen molar-refractivity contribution in [3.63, 3.8) is 0 Å². The molecule has 0 fully saturated rings. The minimum Gasteiger partial charge on any atom is -0.492 e. The minimum atomic E-state index is 0.571. The molecule has 4 rings (SSSR count). The fourth-order valence-electron chi connectivity index (χ4n) is 2.32. The van der Waals surface area contributed by atoms with Gasteiger partial charge in [-0.3, -0.25) is 4.98 Å². The molecule has 7 heteroatoms. The molecule has 3 aromatic heterocycles. The molecule has 0 bridgehead atoms. The van der Waals surface area contributed by atoms with Crippen LogP contribution in [0.25, 0.3) is 16.2 Å². The predicted octanol–water partition coefficient (Wildman–Crippen LogP) is 3.34. The standard InChI is InChI=1S/C17H15N5OS/c1-2-6-14(7-3-1)23-10-9-19-16-21-22-15(12-20-17(22)24-16)13-5-4-8-18-11-13/h1-8,11-12H,9-10H2,(H,19,21). The number of benzene rings is 1. The second-order valence-corrected chi connectivity index (χ2v) is 6.03. The van der Waals surface area contributed by atoms with Gasteiger partial charge >= 0.3 is 0 Å². The van der Waals surface area contributed by atoms with Crippen molar-refractivity contribution in [2.75, 3.05) is 18.5 Å². The third-order valence-corrected chi connectivity index (χ3v) is 4.31. The highest BCUT2D eigenvalue weighted by Crippen LogP contribution is 2.25. The molecule has 1 N–H and O–H groups in total. The number of rotatable bonds is 6. The number of nitrogens with zero attached hydrogens (tertiary/aromatic N) is 4. The number of ether oxygens (including phenoxy) is 1. The zero-order valence-corrected chi connectivity index (χ0v) is 13.6. The van der Waals surface area contributed by atoms with Crippen LogP contribution in [-0.2, 0) is 0 Å². The molecule has 0 unspecified atom stereocenters. The molecule has 0 amide bonds. The summed E-state index contributed by atoms with van der Waals surface area (Å²) in [5.41, 5.74) is 1.93. The van der Waals surface area contributed by atoms with E-state index in [0.29, 0.717) is 13.2 Å². The summed E-state index contributed by atoms with van der Waals surface area (Å²) in [6.45, 7) is 1.25. The van der Waals surface area contributed by atoms with Crippen molar-refractivity contribution in [1.82, 2.24) is 19.6 Å². The van der Waals surface area contributed by atoms with Gasteiger partial charge in [-0.15, -0.1) is 5.10 Å². The minimum absolute atomic E-state index is 0.571. The Hall–Kier alpha value is -2.93. The van der Waals surface area contributed by atoms with Gasteiger partial charge in [-0.2, -0.15) is 0 Å². The largest absolute Gasteiger partial charge is 0.492 e. The van der Waals surface area contributed by atoms with Crippen LogP contribution < -0.4 is 10.1 Å². The predicted molar refractivity (Wildman–Crippen MR) is 94.5 cm³/mol. The summed E-state index contributed by atoms with van der Waals surface area (Å²) < 4.78 is 7.50. The monoisotopic (exact) mass is 337 g/mol. The summed E-state index contributed by atoms with van der Waals surface area (Å²) in [6.07, 6.45) is 5.38. The van der Waals surface area contributed by atoms with Crippen LogP contribution in [0.15, 0.2) is 61.1 Å². The van der Waals surface area contributed by atoms with Crippen molar-refractivity contribution in [3.8, 4) is 17.0 Å². The fraction of sp³-hybridized carbons (Fsp3) is 0.118. The third kappa shape index (κ3) is 3.07. The lowest BCUT2D eigenvalue weighted by atomic mass is 10.2. The number of aromatic nitrogens is 4. The summed E-state index contributed by atoms with van der Waals surface area (Å²) in [6, 6.07) is 13.7. The number of nitrogens with one attached hydrogen (secondary N) is 1. The van der Waals surface area contributed by atoms with E-state index in [-0.39, 0.29) is 0 Å². The average molecular weight is 337 g/mol. The van der Waals surface area contributed by atoms with Crippen molar-refractivity contribution in [3.05, 3.63) is 61.1 Å². The highest BCUT2D eigenvalue weighted by atomic mass is 32.1. The van der Waals surface area contributed by atoms with Crippen LogP contribution in [0.2, 0.25) is 0 Å². The van der Waals surface area contributed by atoms with Gasteiger partial charge in [0.2, 0.25) is 10.1 Å². The molecule has 0 aliphatic carbocycles. The van der Waals surface area contributed by atoms with Gasteiger partial charge in [-0.05, 0) is 24.3 Å². The molecule has 0 saturated heterocycles. The van der Waals surface area contributed by atoms with Crippen LogP contribution in [0.1, 0.15) is 0 Å². The lowest BCUT2D eigenvalue weighted by Gasteiger charge is -2.05. The first-order chi connectivity index (χ1) is 11.9. The number of imidazole rings is 1. The van der Waals surface area contributed by atoms with Crippen LogP contribution in [0, 0.1) is 0 Å². The summed E-state index contributed by atoms with van der Waals surface area (Å²) in [5, 5.41) is 8.67. The van der Waals surface area contributed by atoms with Gasteiger partial charge in [0, 0.05) is 18.0 Å². The second-order valence-electron chi connectivity index (χ2n) is 5.08. The Morgan fingerprint density at radius 1 is 1.08 bits per heavy atom. The van der Waals surface area contributed by atoms with E-state index in [1.54, 1.807) is 6.20 Å². The van der Waals surface area contributed by atoms with Gasteiger partial charge in [0.05, 0.1) is 18.4 Å². The maximum absolute atomic E-state index is 5.66. The number of pyridine rings is 1. The van der Waals surface area contributed by atoms with E-state index < -0.39 is 0 Å². The van der Waals surface area contributed by atoms with E-state index in [2.05, 4.69) is 20.4 Å². The zero-order valence-electron chi connectivity index (χ0n) is 12.8. The van der Waals surface area contributed by atoms with Gasteiger partial charge < -0.3 is 10.1 Å². The molecule has 0 saturated carbocycles. The molecular formula is C17H15N5OS. The van der Waals surface area contributed by atoms with E-state index >= 15 is 0 Å². The molecule has 120 valence electrons. The van der Waals surface area contributed by atoms with Gasteiger partial charge in [0.15, 0.2) is 0 Å². The first-order valence-electron chi connectivity index (χ1n) is 7.57. The second kappa shape index (κ2) is 6.67. The lowest BCUT2D eigenvalue weighted by Crippen LogP contribution is -2.11. The van der Waals surface area contributed by atoms with Crippen LogP contribution >= 0.6 is 11.3 Å². The molecule has 3 heterocycles. The Labute approximate surface area is 142 Å². The normalized spacial score (nSPS) is 10.8. The summed E-state index contributed by atoms with van der Waals surface area (Å²) in [5.74, 6) is 0.868. The molecule has 0 spiro atoms. The van der Waals surface area contributed by atoms with E-state index in [1.807, 2.05) is 59.4 Å². The van der Waals surface area contributed by atoms with Crippen LogP contribution in [-0.4, -0.2) is 32.7 Å². The molecule has 0 aliphatic rings. The Balaban J connectivity index is 1.41. The molecule has 6 nitrogen and oxygen atoms in total. The molecular weight excluding hydrogens is 322 g/mol. The van der Waals surface area contributed by atoms with Crippen LogP contribution in [0.5, 0.6) is 5.75 Å². The summed E-state index contributed by atoms with van der Waals surface area (Å²) in [4.78, 5) is 9.41. The van der Waals surface area contributed by atoms with E-state index in [0.717, 1.165) is 27.1 Å². The Morgan fingerprint density at radius 3 is 2.83 bits per heavy atom. The van der Waals surface area contributed by atoms with Crippen molar-refractivity contribution in [2.45, 2.75) is 0 Å². The van der Waals surface area contributed by atoms with Crippen LogP contribution in [0.4, 0.5) is 5.13 Å². The van der Waals surface area contributed by atoms with Crippen molar-refractivity contribution in [2.24, 2.45) is 0 Å². The fourth-order valence-corrected chi connectivity index (χ4v) is 3.12. The maximum atomic E-state index is 5.66. The van der Waals surface area contributed by atoms with Gasteiger partial charge in [0.25, 0.3) is 0 Å². The topological polar surface area (TPSA) is 64.3 Å². The zero-order chi connectivity index (χ0) is 16.2. The SMILES string of the molecule is c1ccc(OCCNc2nn3c(-c4cccnc4)cnc3s2)cc1. The first kappa shape index (κ1) is 14.6. The van der Waals surface area contributed by atoms with Gasteiger partial charge in [0.1, 0.15) is 12.4 Å². The van der Waals surface area contributed by atoms with Crippen molar-refractivity contribution in [1.29, 1.82) is 0 Å². The molecule has 0 aliphatic heterocycles. The molecule has 4 aromatic rings. The summed E-state index contributed by atoms with van der Waals surface area (Å²) >= 11 is 1.51. The molecule has 0 atom stereocenters. The van der Waals surface area contributed by atoms with Crippen molar-refractivity contribution < 1.29 is 4.74 Å². The average Bonchev–Trinajstić information content (AvgIpc) is 3.20. The maximum Gasteiger partial charge on any atom is 0.214 e. The number of hydrogen-bond donors (Lipinski definition) is 1. The highest BCUT2D eigenvalue weighted by Gasteiger charge is 2.11. The molecule has 24 heavy (non-hydrogen) atoms. The van der Waals surface area contributed by atoms with E-state index in [4.69, 9.17) is 4.74 Å². The number of para-hydroxylation sites is 1. The molecule has 0 radical (unpaired) electrons. The Bertz CT molecular complexity index is 920. The first-order valence-corrected chi connectivity index (χ1v) is 8.38. The highest BCUT2D eigenvalue weighted by molar-refractivity contribution is 7.20.